The molecule has 0 amide bonds. The lowest BCUT2D eigenvalue weighted by Gasteiger charge is -2.33. The number of rotatable bonds is 2. The Hall–Kier alpha value is -1.59. The monoisotopic (exact) mass is 230 g/mol. The van der Waals surface area contributed by atoms with Crippen molar-refractivity contribution >= 4 is 12.1 Å². The van der Waals surface area contributed by atoms with Gasteiger partial charge in [0.2, 0.25) is 0 Å². The molecule has 6 heteroatoms. The van der Waals surface area contributed by atoms with Gasteiger partial charge in [-0.1, -0.05) is 0 Å². The van der Waals surface area contributed by atoms with Crippen molar-refractivity contribution < 1.29 is 18.0 Å². The average molecular weight is 230 g/mol. The fourth-order valence-corrected chi connectivity index (χ4v) is 1.49. The van der Waals surface area contributed by atoms with E-state index >= 15 is 0 Å². The number of carbonyl (C=O) groups excluding carboxylic acids is 1. The fourth-order valence-electron chi connectivity index (χ4n) is 1.49. The van der Waals surface area contributed by atoms with E-state index in [0.717, 1.165) is 18.6 Å². The zero-order valence-corrected chi connectivity index (χ0v) is 8.29. The van der Waals surface area contributed by atoms with Crippen molar-refractivity contribution in [3.8, 4) is 0 Å². The highest BCUT2D eigenvalue weighted by atomic mass is 19.4. The van der Waals surface area contributed by atoms with Crippen molar-refractivity contribution in [1.82, 2.24) is 4.98 Å². The van der Waals surface area contributed by atoms with Crippen LogP contribution in [0.1, 0.15) is 22.5 Å². The molecule has 1 aliphatic rings. The number of hydrogen-bond acceptors (Lipinski definition) is 3. The maximum atomic E-state index is 12.4. The first-order valence-electron chi connectivity index (χ1n) is 4.81. The molecule has 0 aliphatic carbocycles. The Balaban J connectivity index is 2.42. The smallest absolute Gasteiger partial charge is 0.356 e. The van der Waals surface area contributed by atoms with Gasteiger partial charge in [-0.25, -0.2) is 4.98 Å². The summed E-state index contributed by atoms with van der Waals surface area (Å²) in [5.74, 6) is 0.135. The first-order valence-corrected chi connectivity index (χ1v) is 4.81. The molecule has 1 aromatic heterocycles. The molecule has 0 spiro atoms. The van der Waals surface area contributed by atoms with Crippen molar-refractivity contribution in [2.24, 2.45) is 0 Å². The second-order valence-corrected chi connectivity index (χ2v) is 3.57. The molecule has 0 radical (unpaired) electrons. The van der Waals surface area contributed by atoms with Gasteiger partial charge in [-0.3, -0.25) is 4.79 Å². The molecule has 0 unspecified atom stereocenters. The molecule has 3 nitrogen and oxygen atoms in total. The van der Waals surface area contributed by atoms with E-state index in [1.807, 2.05) is 0 Å². The molecule has 2 rings (SSSR count). The maximum Gasteiger partial charge on any atom is 0.433 e. The van der Waals surface area contributed by atoms with Crippen LogP contribution < -0.4 is 4.90 Å². The summed E-state index contributed by atoms with van der Waals surface area (Å²) in [5.41, 5.74) is -0.757. The van der Waals surface area contributed by atoms with Crippen LogP contribution in [0.4, 0.5) is 19.0 Å². The number of anilines is 1. The lowest BCUT2D eigenvalue weighted by Crippen LogP contribution is -2.38. The van der Waals surface area contributed by atoms with E-state index in [9.17, 15) is 18.0 Å². The van der Waals surface area contributed by atoms with Gasteiger partial charge in [0.15, 0.2) is 6.29 Å². The topological polar surface area (TPSA) is 33.2 Å². The highest BCUT2D eigenvalue weighted by Gasteiger charge is 2.34. The SMILES string of the molecule is O=Cc1ccc(C(F)(F)F)nc1N1CCC1. The van der Waals surface area contributed by atoms with E-state index in [-0.39, 0.29) is 11.4 Å². The third-order valence-electron chi connectivity index (χ3n) is 2.48. The highest BCUT2D eigenvalue weighted by molar-refractivity contribution is 5.83. The Bertz CT molecular complexity index is 413. The zero-order valence-electron chi connectivity index (χ0n) is 8.29. The van der Waals surface area contributed by atoms with Gasteiger partial charge in [0.05, 0.1) is 5.56 Å². The summed E-state index contributed by atoms with van der Waals surface area (Å²) in [6.45, 7) is 1.30. The van der Waals surface area contributed by atoms with Crippen LogP contribution in [0.5, 0.6) is 0 Å². The van der Waals surface area contributed by atoms with Crippen molar-refractivity contribution in [3.05, 3.63) is 23.4 Å². The number of nitrogens with zero attached hydrogens (tertiary/aromatic N) is 2. The molecular weight excluding hydrogens is 221 g/mol. The predicted molar refractivity (Wildman–Crippen MR) is 51.5 cm³/mol. The van der Waals surface area contributed by atoms with E-state index in [2.05, 4.69) is 4.98 Å². The van der Waals surface area contributed by atoms with Gasteiger partial charge in [-0.15, -0.1) is 0 Å². The first-order chi connectivity index (χ1) is 7.52. The number of carbonyl (C=O) groups is 1. The van der Waals surface area contributed by atoms with Crippen molar-refractivity contribution in [2.45, 2.75) is 12.6 Å². The molecule has 0 N–H and O–H groups in total. The summed E-state index contributed by atoms with van der Waals surface area (Å²) < 4.78 is 37.3. The summed E-state index contributed by atoms with van der Waals surface area (Å²) >= 11 is 0. The van der Waals surface area contributed by atoms with E-state index in [1.54, 1.807) is 4.90 Å². The standard InChI is InChI=1S/C10H9F3N2O/c11-10(12,13)8-3-2-7(6-16)9(14-8)15-4-1-5-15/h2-3,6H,1,4-5H2. The third kappa shape index (κ3) is 1.87. The van der Waals surface area contributed by atoms with Crippen molar-refractivity contribution in [2.75, 3.05) is 18.0 Å². The van der Waals surface area contributed by atoms with Crippen LogP contribution in [-0.2, 0) is 6.18 Å². The molecule has 0 bridgehead atoms. The van der Waals surface area contributed by atoms with Crippen LogP contribution in [0.15, 0.2) is 12.1 Å². The molecular formula is C10H9F3N2O. The number of alkyl halides is 3. The molecule has 0 aromatic carbocycles. The number of hydrogen-bond donors (Lipinski definition) is 0. The number of aldehydes is 1. The normalized spacial score (nSPS) is 15.8. The Morgan fingerprint density at radius 2 is 2.00 bits per heavy atom. The van der Waals surface area contributed by atoms with Crippen LogP contribution in [-0.4, -0.2) is 24.4 Å². The van der Waals surface area contributed by atoms with Crippen LogP contribution in [0, 0.1) is 0 Å². The molecule has 0 saturated carbocycles. The Morgan fingerprint density at radius 3 is 2.44 bits per heavy atom. The van der Waals surface area contributed by atoms with Crippen molar-refractivity contribution in [3.63, 3.8) is 0 Å². The predicted octanol–water partition coefficient (Wildman–Crippen LogP) is 2.12. The second-order valence-electron chi connectivity index (χ2n) is 3.57. The average Bonchev–Trinajstić information content (AvgIpc) is 2.13. The summed E-state index contributed by atoms with van der Waals surface area (Å²) in [7, 11) is 0. The molecule has 1 saturated heterocycles. The lowest BCUT2D eigenvalue weighted by molar-refractivity contribution is -0.141. The van der Waals surface area contributed by atoms with Crippen LogP contribution in [0.2, 0.25) is 0 Å². The first kappa shape index (κ1) is 10.9. The Kier molecular flexibility index (Phi) is 2.57. The van der Waals surface area contributed by atoms with Crippen molar-refractivity contribution in [1.29, 1.82) is 0 Å². The number of halogens is 3. The van der Waals surface area contributed by atoms with Gasteiger partial charge < -0.3 is 4.90 Å². The molecule has 2 heterocycles. The van der Waals surface area contributed by atoms with Gasteiger partial charge >= 0.3 is 6.18 Å². The van der Waals surface area contributed by atoms with E-state index in [1.165, 1.54) is 0 Å². The minimum absolute atomic E-state index is 0.135. The van der Waals surface area contributed by atoms with Gasteiger partial charge in [-0.2, -0.15) is 13.2 Å². The zero-order chi connectivity index (χ0) is 11.8. The lowest BCUT2D eigenvalue weighted by atomic mass is 10.1. The molecule has 1 aliphatic heterocycles. The summed E-state index contributed by atoms with van der Waals surface area (Å²) in [6, 6.07) is 1.99. The molecule has 86 valence electrons. The third-order valence-corrected chi connectivity index (χ3v) is 2.48. The van der Waals surface area contributed by atoms with E-state index in [0.29, 0.717) is 19.4 Å². The maximum absolute atomic E-state index is 12.4. The largest absolute Gasteiger partial charge is 0.433 e. The van der Waals surface area contributed by atoms with E-state index < -0.39 is 11.9 Å². The minimum Gasteiger partial charge on any atom is -0.356 e. The Labute approximate surface area is 89.9 Å². The quantitative estimate of drug-likeness (QED) is 0.729. The summed E-state index contributed by atoms with van der Waals surface area (Å²) in [6.07, 6.45) is -3.03. The van der Waals surface area contributed by atoms with Gasteiger partial charge in [0.25, 0.3) is 0 Å². The number of aromatic nitrogens is 1. The van der Waals surface area contributed by atoms with Gasteiger partial charge in [0.1, 0.15) is 11.5 Å². The second kappa shape index (κ2) is 3.77. The van der Waals surface area contributed by atoms with Crippen LogP contribution >= 0.6 is 0 Å². The van der Waals surface area contributed by atoms with Gasteiger partial charge in [0, 0.05) is 13.1 Å². The summed E-state index contributed by atoms with van der Waals surface area (Å²) in [4.78, 5) is 15.9. The Morgan fingerprint density at radius 1 is 1.31 bits per heavy atom. The highest BCUT2D eigenvalue weighted by Crippen LogP contribution is 2.31. The number of pyridine rings is 1. The molecule has 1 aromatic rings. The minimum atomic E-state index is -4.47. The summed E-state index contributed by atoms with van der Waals surface area (Å²) in [5, 5.41) is 0. The van der Waals surface area contributed by atoms with E-state index in [4.69, 9.17) is 0 Å². The molecule has 16 heavy (non-hydrogen) atoms. The van der Waals surface area contributed by atoms with Crippen LogP contribution in [0.25, 0.3) is 0 Å². The van der Waals surface area contributed by atoms with Crippen LogP contribution in [0.3, 0.4) is 0 Å². The van der Waals surface area contributed by atoms with Gasteiger partial charge in [-0.05, 0) is 18.6 Å². The fraction of sp³-hybridized carbons (Fsp3) is 0.400. The molecule has 1 fully saturated rings. The molecule has 0 atom stereocenters.